The Morgan fingerprint density at radius 1 is 1.22 bits per heavy atom. The predicted molar refractivity (Wildman–Crippen MR) is 67.9 cm³/mol. The summed E-state index contributed by atoms with van der Waals surface area (Å²) in [5, 5.41) is 10.00. The first-order valence-corrected chi connectivity index (χ1v) is 7.35. The molecule has 0 aliphatic carbocycles. The zero-order valence-corrected chi connectivity index (χ0v) is 12.2. The molecule has 18 heavy (non-hydrogen) atoms. The Bertz CT molecular complexity index is 421. The highest BCUT2D eigenvalue weighted by Crippen LogP contribution is 2.10. The molecular weight excluding hydrogens is 258 g/mol. The molecule has 0 saturated carbocycles. The van der Waals surface area contributed by atoms with Gasteiger partial charge in [0, 0.05) is 5.54 Å². The number of hydrogen-bond acceptors (Lipinski definition) is 4. The van der Waals surface area contributed by atoms with E-state index in [-0.39, 0.29) is 0 Å². The second-order valence-electron chi connectivity index (χ2n) is 5.45. The highest BCUT2D eigenvalue weighted by Gasteiger charge is 2.32. The molecule has 0 aromatic heterocycles. The quantitative estimate of drug-likeness (QED) is 0.760. The van der Waals surface area contributed by atoms with Gasteiger partial charge in [-0.3, -0.25) is 9.59 Å². The van der Waals surface area contributed by atoms with E-state index in [1.54, 1.807) is 20.8 Å². The van der Waals surface area contributed by atoms with Gasteiger partial charge in [-0.05, 0) is 27.7 Å². The largest absolute Gasteiger partial charge is 0.481 e. The maximum atomic E-state index is 11.8. The minimum absolute atomic E-state index is 0.528. The molecule has 0 fully saturated rings. The number of carboxylic acid groups (broad SMARTS) is 1. The first-order chi connectivity index (χ1) is 7.87. The maximum Gasteiger partial charge on any atom is 0.307 e. The Morgan fingerprint density at radius 3 is 2.00 bits per heavy atom. The van der Waals surface area contributed by atoms with Crippen LogP contribution < -0.4 is 5.32 Å². The van der Waals surface area contributed by atoms with E-state index in [0.717, 1.165) is 0 Å². The first kappa shape index (κ1) is 16.9. The zero-order valence-electron chi connectivity index (χ0n) is 11.4. The van der Waals surface area contributed by atoms with Crippen molar-refractivity contribution >= 4 is 21.7 Å². The van der Waals surface area contributed by atoms with E-state index in [1.165, 1.54) is 13.8 Å². The highest BCUT2D eigenvalue weighted by molar-refractivity contribution is 7.92. The fourth-order valence-electron chi connectivity index (χ4n) is 1.20. The third-order valence-electron chi connectivity index (χ3n) is 2.31. The lowest BCUT2D eigenvalue weighted by Gasteiger charge is -2.23. The molecule has 0 aliphatic rings. The van der Waals surface area contributed by atoms with Crippen molar-refractivity contribution in [2.45, 2.75) is 45.4 Å². The summed E-state index contributed by atoms with van der Waals surface area (Å²) >= 11 is 0. The van der Waals surface area contributed by atoms with E-state index >= 15 is 0 Å². The maximum absolute atomic E-state index is 11.8. The van der Waals surface area contributed by atoms with Gasteiger partial charge >= 0.3 is 5.97 Å². The second kappa shape index (κ2) is 5.69. The van der Waals surface area contributed by atoms with Crippen LogP contribution in [0.4, 0.5) is 0 Å². The van der Waals surface area contributed by atoms with Crippen molar-refractivity contribution in [1.29, 1.82) is 0 Å². The third-order valence-corrected chi connectivity index (χ3v) is 4.57. The van der Waals surface area contributed by atoms with Crippen molar-refractivity contribution in [3.63, 3.8) is 0 Å². The summed E-state index contributed by atoms with van der Waals surface area (Å²) in [6.45, 7) is 7.79. The topological polar surface area (TPSA) is 101 Å². The van der Waals surface area contributed by atoms with Gasteiger partial charge in [-0.2, -0.15) is 0 Å². The molecule has 2 atom stereocenters. The third kappa shape index (κ3) is 5.48. The summed E-state index contributed by atoms with van der Waals surface area (Å²) in [4.78, 5) is 22.4. The molecule has 7 heteroatoms. The Labute approximate surface area is 108 Å². The summed E-state index contributed by atoms with van der Waals surface area (Å²) < 4.78 is 23.7. The van der Waals surface area contributed by atoms with E-state index in [0.29, 0.717) is 0 Å². The lowest BCUT2D eigenvalue weighted by Crippen LogP contribution is -2.48. The Morgan fingerprint density at radius 2 is 1.67 bits per heavy atom. The fraction of sp³-hybridized carbons (Fsp3) is 0.818. The van der Waals surface area contributed by atoms with Gasteiger partial charge < -0.3 is 10.4 Å². The molecule has 0 radical (unpaired) electrons. The van der Waals surface area contributed by atoms with Gasteiger partial charge in [-0.25, -0.2) is 8.42 Å². The average Bonchev–Trinajstić information content (AvgIpc) is 2.12. The summed E-state index contributed by atoms with van der Waals surface area (Å²) in [5.41, 5.74) is -0.528. The number of hydrogen-bond donors (Lipinski definition) is 2. The van der Waals surface area contributed by atoms with Crippen LogP contribution in [0.25, 0.3) is 0 Å². The number of carboxylic acids is 1. The summed E-state index contributed by atoms with van der Waals surface area (Å²) in [6, 6.07) is 0. The number of carbonyl (C=O) groups excluding carboxylic acids is 1. The lowest BCUT2D eigenvalue weighted by molar-refractivity contribution is -0.140. The average molecular weight is 279 g/mol. The van der Waals surface area contributed by atoms with E-state index in [2.05, 4.69) is 5.32 Å². The molecule has 2 N–H and O–H groups in total. The predicted octanol–water partition coefficient (Wildman–Crippen LogP) is 0.425. The van der Waals surface area contributed by atoms with E-state index in [4.69, 9.17) is 5.11 Å². The van der Waals surface area contributed by atoms with Crippen LogP contribution in [0.1, 0.15) is 34.6 Å². The molecule has 0 bridgehead atoms. The van der Waals surface area contributed by atoms with Crippen LogP contribution in [0.5, 0.6) is 0 Å². The van der Waals surface area contributed by atoms with Crippen LogP contribution in [-0.2, 0) is 19.4 Å². The second-order valence-corrected chi connectivity index (χ2v) is 7.82. The van der Waals surface area contributed by atoms with Gasteiger partial charge in [0.1, 0.15) is 5.25 Å². The Kier molecular flexibility index (Phi) is 5.34. The Hall–Kier alpha value is -1.11. The number of aliphatic carboxylic acids is 1. The van der Waals surface area contributed by atoms with Crippen molar-refractivity contribution in [3.05, 3.63) is 0 Å². The van der Waals surface area contributed by atoms with Crippen molar-refractivity contribution in [2.24, 2.45) is 5.92 Å². The van der Waals surface area contributed by atoms with Gasteiger partial charge in [0.15, 0.2) is 9.84 Å². The first-order valence-electron chi connectivity index (χ1n) is 5.63. The van der Waals surface area contributed by atoms with Crippen molar-refractivity contribution < 1.29 is 23.1 Å². The molecule has 0 spiro atoms. The molecule has 0 rings (SSSR count). The van der Waals surface area contributed by atoms with Gasteiger partial charge in [0.2, 0.25) is 5.91 Å². The number of nitrogens with one attached hydrogen (secondary N) is 1. The normalized spacial score (nSPS) is 15.8. The van der Waals surface area contributed by atoms with Crippen molar-refractivity contribution in [2.75, 3.05) is 5.75 Å². The minimum atomic E-state index is -3.77. The molecule has 0 saturated heterocycles. The van der Waals surface area contributed by atoms with Crippen molar-refractivity contribution in [1.82, 2.24) is 5.32 Å². The van der Waals surface area contributed by atoms with Crippen LogP contribution in [0, 0.1) is 5.92 Å². The number of amides is 1. The minimum Gasteiger partial charge on any atom is -0.481 e. The molecule has 6 nitrogen and oxygen atoms in total. The van der Waals surface area contributed by atoms with E-state index in [1.807, 2.05) is 0 Å². The monoisotopic (exact) mass is 279 g/mol. The fourth-order valence-corrected chi connectivity index (χ4v) is 2.71. The summed E-state index contributed by atoms with van der Waals surface area (Å²) in [7, 11) is -3.77. The molecule has 0 aromatic rings. The lowest BCUT2D eigenvalue weighted by atomic mass is 10.1. The smallest absolute Gasteiger partial charge is 0.307 e. The molecule has 1 amide bonds. The van der Waals surface area contributed by atoms with Gasteiger partial charge in [-0.15, -0.1) is 0 Å². The standard InChI is InChI=1S/C11H21NO5S/c1-7(10(14)15)6-18(16,17)8(2)9(13)12-11(3,4)5/h7-8H,6H2,1-5H3,(H,12,13)(H,14,15). The van der Waals surface area contributed by atoms with Crippen LogP contribution in [-0.4, -0.2) is 41.9 Å². The van der Waals surface area contributed by atoms with Crippen LogP contribution in [0.3, 0.4) is 0 Å². The van der Waals surface area contributed by atoms with E-state index < -0.39 is 44.2 Å². The number of carbonyl (C=O) groups is 2. The SMILES string of the molecule is CC(CS(=O)(=O)C(C)C(=O)NC(C)(C)C)C(=O)O. The number of sulfone groups is 1. The Balaban J connectivity index is 4.82. The molecular formula is C11H21NO5S. The number of rotatable bonds is 5. The zero-order chi connectivity index (χ0) is 14.7. The summed E-state index contributed by atoms with van der Waals surface area (Å²) in [5.74, 6) is -3.37. The van der Waals surface area contributed by atoms with E-state index in [9.17, 15) is 18.0 Å². The van der Waals surface area contributed by atoms with Crippen LogP contribution >= 0.6 is 0 Å². The van der Waals surface area contributed by atoms with Gasteiger partial charge in [-0.1, -0.05) is 6.92 Å². The van der Waals surface area contributed by atoms with Crippen LogP contribution in [0.15, 0.2) is 0 Å². The molecule has 2 unspecified atom stereocenters. The molecule has 106 valence electrons. The molecule has 0 aromatic carbocycles. The highest BCUT2D eigenvalue weighted by atomic mass is 32.2. The van der Waals surface area contributed by atoms with Crippen LogP contribution in [0.2, 0.25) is 0 Å². The molecule has 0 aliphatic heterocycles. The summed E-state index contributed by atoms with van der Waals surface area (Å²) in [6.07, 6.45) is 0. The van der Waals surface area contributed by atoms with Gasteiger partial charge in [0.05, 0.1) is 11.7 Å². The van der Waals surface area contributed by atoms with Crippen molar-refractivity contribution in [3.8, 4) is 0 Å². The molecule has 0 heterocycles. The van der Waals surface area contributed by atoms with Gasteiger partial charge in [0.25, 0.3) is 0 Å².